The summed E-state index contributed by atoms with van der Waals surface area (Å²) in [6, 6.07) is 5.95. The van der Waals surface area contributed by atoms with E-state index in [4.69, 9.17) is 0 Å². The van der Waals surface area contributed by atoms with Crippen molar-refractivity contribution in [3.8, 4) is 0 Å². The molecule has 0 atom stereocenters. The molecule has 1 aliphatic rings. The second-order valence-electron chi connectivity index (χ2n) is 6.38. The number of likely N-dealkylation sites (N-methyl/N-ethyl adjacent to an activating group) is 1. The molecule has 6 nitrogen and oxygen atoms in total. The molecule has 0 unspecified atom stereocenters. The third-order valence-corrected chi connectivity index (χ3v) is 4.18. The van der Waals surface area contributed by atoms with Crippen molar-refractivity contribution in [3.63, 3.8) is 0 Å². The van der Waals surface area contributed by atoms with Gasteiger partial charge in [-0.15, -0.1) is 0 Å². The Kier molecular flexibility index (Phi) is 4.76. The summed E-state index contributed by atoms with van der Waals surface area (Å²) in [5.74, 6) is 0.587. The van der Waals surface area contributed by atoms with Gasteiger partial charge >= 0.3 is 0 Å². The molecule has 24 heavy (non-hydrogen) atoms. The first-order chi connectivity index (χ1) is 11.5. The molecule has 6 heteroatoms. The SMILES string of the molecule is Cc1cc(C)cc(NC(=O)c2cnc(N3CCN(C)CC3)cn2)c1. The van der Waals surface area contributed by atoms with E-state index in [2.05, 4.69) is 38.2 Å². The van der Waals surface area contributed by atoms with E-state index >= 15 is 0 Å². The fourth-order valence-electron chi connectivity index (χ4n) is 2.88. The minimum absolute atomic E-state index is 0.238. The molecule has 0 saturated carbocycles. The molecule has 0 radical (unpaired) electrons. The topological polar surface area (TPSA) is 61.4 Å². The molecule has 1 saturated heterocycles. The first-order valence-electron chi connectivity index (χ1n) is 8.16. The lowest BCUT2D eigenvalue weighted by atomic mass is 10.1. The van der Waals surface area contributed by atoms with Crippen molar-refractivity contribution < 1.29 is 4.79 Å². The normalized spacial score (nSPS) is 15.4. The van der Waals surface area contributed by atoms with Crippen LogP contribution in [0.2, 0.25) is 0 Å². The molecular weight excluding hydrogens is 302 g/mol. The molecule has 126 valence electrons. The van der Waals surface area contributed by atoms with Crippen LogP contribution in [0, 0.1) is 13.8 Å². The largest absolute Gasteiger partial charge is 0.353 e. The number of amides is 1. The number of hydrogen-bond donors (Lipinski definition) is 1. The number of rotatable bonds is 3. The predicted octanol–water partition coefficient (Wildman–Crippen LogP) is 2.10. The Labute approximate surface area is 142 Å². The molecule has 1 N–H and O–H groups in total. The summed E-state index contributed by atoms with van der Waals surface area (Å²) in [6.07, 6.45) is 3.23. The van der Waals surface area contributed by atoms with Gasteiger partial charge in [0, 0.05) is 31.9 Å². The third kappa shape index (κ3) is 3.89. The van der Waals surface area contributed by atoms with Crippen LogP contribution in [-0.4, -0.2) is 54.0 Å². The quantitative estimate of drug-likeness (QED) is 0.936. The van der Waals surface area contributed by atoms with Crippen molar-refractivity contribution in [2.45, 2.75) is 13.8 Å². The molecule has 0 spiro atoms. The van der Waals surface area contributed by atoms with E-state index in [1.165, 1.54) is 0 Å². The van der Waals surface area contributed by atoms with Crippen LogP contribution in [-0.2, 0) is 0 Å². The van der Waals surface area contributed by atoms with E-state index in [1.807, 2.05) is 26.0 Å². The predicted molar refractivity (Wildman–Crippen MR) is 95.6 cm³/mol. The number of piperazine rings is 1. The number of anilines is 2. The highest BCUT2D eigenvalue weighted by molar-refractivity contribution is 6.02. The fraction of sp³-hybridized carbons (Fsp3) is 0.389. The van der Waals surface area contributed by atoms with E-state index in [0.29, 0.717) is 5.69 Å². The van der Waals surface area contributed by atoms with Gasteiger partial charge in [-0.1, -0.05) is 6.07 Å². The van der Waals surface area contributed by atoms with Crippen LogP contribution in [0.1, 0.15) is 21.6 Å². The summed E-state index contributed by atoms with van der Waals surface area (Å²) in [5.41, 5.74) is 3.33. The highest BCUT2D eigenvalue weighted by Gasteiger charge is 2.16. The van der Waals surface area contributed by atoms with Gasteiger partial charge in [0.25, 0.3) is 5.91 Å². The molecule has 1 amide bonds. The maximum Gasteiger partial charge on any atom is 0.275 e. The monoisotopic (exact) mass is 325 g/mol. The number of aryl methyl sites for hydroxylation is 2. The van der Waals surface area contributed by atoms with Gasteiger partial charge in [-0.05, 0) is 44.2 Å². The highest BCUT2D eigenvalue weighted by Crippen LogP contribution is 2.15. The van der Waals surface area contributed by atoms with Crippen molar-refractivity contribution in [1.29, 1.82) is 0 Å². The van der Waals surface area contributed by atoms with Crippen LogP contribution < -0.4 is 10.2 Å². The van der Waals surface area contributed by atoms with Crippen LogP contribution >= 0.6 is 0 Å². The molecule has 0 aliphatic carbocycles. The number of hydrogen-bond acceptors (Lipinski definition) is 5. The Balaban J connectivity index is 1.67. The van der Waals surface area contributed by atoms with Gasteiger partial charge in [0.2, 0.25) is 0 Å². The van der Waals surface area contributed by atoms with E-state index in [1.54, 1.807) is 12.4 Å². The zero-order chi connectivity index (χ0) is 17.1. The Hall–Kier alpha value is -2.47. The molecule has 0 bridgehead atoms. The Morgan fingerprint density at radius 2 is 1.67 bits per heavy atom. The number of aromatic nitrogens is 2. The molecule has 2 heterocycles. The smallest absolute Gasteiger partial charge is 0.275 e. The van der Waals surface area contributed by atoms with Crippen molar-refractivity contribution in [1.82, 2.24) is 14.9 Å². The minimum atomic E-state index is -0.238. The van der Waals surface area contributed by atoms with Crippen LogP contribution in [0.15, 0.2) is 30.6 Å². The van der Waals surface area contributed by atoms with Crippen LogP contribution in [0.25, 0.3) is 0 Å². The first-order valence-corrected chi connectivity index (χ1v) is 8.16. The summed E-state index contributed by atoms with van der Waals surface area (Å²) >= 11 is 0. The Morgan fingerprint density at radius 3 is 2.25 bits per heavy atom. The fourth-order valence-corrected chi connectivity index (χ4v) is 2.88. The first kappa shape index (κ1) is 16.4. The Bertz CT molecular complexity index is 700. The third-order valence-electron chi connectivity index (χ3n) is 4.18. The second kappa shape index (κ2) is 6.97. The molecule has 1 aliphatic heterocycles. The van der Waals surface area contributed by atoms with Gasteiger partial charge in [-0.3, -0.25) is 4.79 Å². The molecular formula is C18H23N5O. The zero-order valence-corrected chi connectivity index (χ0v) is 14.4. The maximum absolute atomic E-state index is 12.3. The van der Waals surface area contributed by atoms with Gasteiger partial charge in [0.05, 0.1) is 12.4 Å². The summed E-state index contributed by atoms with van der Waals surface area (Å²) in [7, 11) is 2.11. The summed E-state index contributed by atoms with van der Waals surface area (Å²) in [4.78, 5) is 25.5. The van der Waals surface area contributed by atoms with Gasteiger partial charge < -0.3 is 15.1 Å². The molecule has 2 aromatic rings. The van der Waals surface area contributed by atoms with Gasteiger partial charge in [-0.25, -0.2) is 9.97 Å². The van der Waals surface area contributed by atoms with Crippen LogP contribution in [0.4, 0.5) is 11.5 Å². The highest BCUT2D eigenvalue weighted by atomic mass is 16.1. The summed E-state index contributed by atoms with van der Waals surface area (Å²) in [6.45, 7) is 7.90. The molecule has 1 aromatic heterocycles. The average Bonchev–Trinajstić information content (AvgIpc) is 2.55. The number of benzene rings is 1. The maximum atomic E-state index is 12.3. The van der Waals surface area contributed by atoms with Crippen molar-refractivity contribution in [2.75, 3.05) is 43.4 Å². The van der Waals surface area contributed by atoms with Crippen molar-refractivity contribution in [2.24, 2.45) is 0 Å². The number of carbonyl (C=O) groups is 1. The van der Waals surface area contributed by atoms with E-state index in [0.717, 1.165) is 48.8 Å². The van der Waals surface area contributed by atoms with Gasteiger partial charge in [0.15, 0.2) is 0 Å². The van der Waals surface area contributed by atoms with E-state index in [-0.39, 0.29) is 5.91 Å². The summed E-state index contributed by atoms with van der Waals surface area (Å²) in [5, 5.41) is 2.88. The van der Waals surface area contributed by atoms with E-state index < -0.39 is 0 Å². The average molecular weight is 325 g/mol. The lowest BCUT2D eigenvalue weighted by Crippen LogP contribution is -2.44. The zero-order valence-electron chi connectivity index (χ0n) is 14.4. The lowest BCUT2D eigenvalue weighted by molar-refractivity contribution is 0.102. The van der Waals surface area contributed by atoms with Gasteiger partial charge in [-0.2, -0.15) is 0 Å². The number of carbonyl (C=O) groups excluding carboxylic acids is 1. The lowest BCUT2D eigenvalue weighted by Gasteiger charge is -2.32. The number of nitrogens with one attached hydrogen (secondary N) is 1. The van der Waals surface area contributed by atoms with E-state index in [9.17, 15) is 4.79 Å². The van der Waals surface area contributed by atoms with Crippen LogP contribution in [0.3, 0.4) is 0 Å². The second-order valence-corrected chi connectivity index (χ2v) is 6.38. The Morgan fingerprint density at radius 1 is 1.00 bits per heavy atom. The van der Waals surface area contributed by atoms with Crippen molar-refractivity contribution in [3.05, 3.63) is 47.4 Å². The molecule has 1 aromatic carbocycles. The minimum Gasteiger partial charge on any atom is -0.353 e. The van der Waals surface area contributed by atoms with Crippen molar-refractivity contribution >= 4 is 17.4 Å². The number of nitrogens with zero attached hydrogens (tertiary/aromatic N) is 4. The van der Waals surface area contributed by atoms with Crippen LogP contribution in [0.5, 0.6) is 0 Å². The standard InChI is InChI=1S/C18H23N5O/c1-13-8-14(2)10-15(9-13)21-18(24)16-11-20-17(12-19-16)23-6-4-22(3)5-7-23/h8-12H,4-7H2,1-3H3,(H,21,24). The molecule has 3 rings (SSSR count). The molecule has 1 fully saturated rings. The van der Waals surface area contributed by atoms with Gasteiger partial charge in [0.1, 0.15) is 11.5 Å². The summed E-state index contributed by atoms with van der Waals surface area (Å²) < 4.78 is 0.